The van der Waals surface area contributed by atoms with E-state index < -0.39 is 0 Å². The zero-order valence-electron chi connectivity index (χ0n) is 18.2. The van der Waals surface area contributed by atoms with Gasteiger partial charge in [0.05, 0.1) is 18.7 Å². The van der Waals surface area contributed by atoms with Crippen molar-refractivity contribution in [1.29, 1.82) is 0 Å². The Hall–Kier alpha value is -3.87. The van der Waals surface area contributed by atoms with Crippen molar-refractivity contribution in [2.24, 2.45) is 0 Å². The molecule has 2 amide bonds. The van der Waals surface area contributed by atoms with Crippen LogP contribution in [0.4, 0.5) is 11.5 Å². The second-order valence-electron chi connectivity index (χ2n) is 7.64. The second-order valence-corrected chi connectivity index (χ2v) is 7.64. The summed E-state index contributed by atoms with van der Waals surface area (Å²) in [5.41, 5.74) is 2.32. The van der Waals surface area contributed by atoms with Crippen molar-refractivity contribution >= 4 is 23.3 Å². The number of benzene rings is 2. The summed E-state index contributed by atoms with van der Waals surface area (Å²) in [5, 5.41) is 3.24. The van der Waals surface area contributed by atoms with Gasteiger partial charge in [0.1, 0.15) is 11.6 Å². The summed E-state index contributed by atoms with van der Waals surface area (Å²) in [6, 6.07) is 20.6. The molecular weight excluding hydrogens is 404 g/mol. The molecule has 3 aromatic rings. The Morgan fingerprint density at radius 3 is 2.44 bits per heavy atom. The molecule has 2 aromatic carbocycles. The molecule has 1 saturated heterocycles. The Kier molecular flexibility index (Phi) is 6.35. The summed E-state index contributed by atoms with van der Waals surface area (Å²) in [6.45, 7) is 2.96. The molecule has 1 N–H and O–H groups in total. The SMILES string of the molecule is COc1ccc(Nc2ncccc2C(=O)N2CCN(C(C)=O)[C@H](c3ccccc3)C2)cc1. The minimum absolute atomic E-state index is 0.00851. The van der Waals surface area contributed by atoms with Crippen LogP contribution in [0.15, 0.2) is 72.9 Å². The van der Waals surface area contributed by atoms with Gasteiger partial charge in [-0.05, 0) is 42.0 Å². The Balaban J connectivity index is 1.57. The fourth-order valence-electron chi connectivity index (χ4n) is 3.96. The van der Waals surface area contributed by atoms with E-state index in [4.69, 9.17) is 4.74 Å². The Morgan fingerprint density at radius 2 is 1.75 bits per heavy atom. The van der Waals surface area contributed by atoms with Crippen molar-refractivity contribution in [3.63, 3.8) is 0 Å². The number of hydrogen-bond acceptors (Lipinski definition) is 5. The molecule has 0 radical (unpaired) electrons. The Labute approximate surface area is 187 Å². The van der Waals surface area contributed by atoms with Crippen molar-refractivity contribution < 1.29 is 14.3 Å². The van der Waals surface area contributed by atoms with E-state index in [1.165, 1.54) is 0 Å². The highest BCUT2D eigenvalue weighted by Gasteiger charge is 2.33. The highest BCUT2D eigenvalue weighted by molar-refractivity contribution is 5.99. The minimum Gasteiger partial charge on any atom is -0.497 e. The predicted molar refractivity (Wildman–Crippen MR) is 123 cm³/mol. The van der Waals surface area contributed by atoms with Crippen LogP contribution in [0.25, 0.3) is 0 Å². The summed E-state index contributed by atoms with van der Waals surface area (Å²) in [6.07, 6.45) is 1.66. The third kappa shape index (κ3) is 4.56. The van der Waals surface area contributed by atoms with Gasteiger partial charge in [0.25, 0.3) is 5.91 Å². The molecule has 7 heteroatoms. The van der Waals surface area contributed by atoms with E-state index >= 15 is 0 Å². The van der Waals surface area contributed by atoms with Crippen molar-refractivity contribution in [3.8, 4) is 5.75 Å². The fourth-order valence-corrected chi connectivity index (χ4v) is 3.96. The first-order valence-corrected chi connectivity index (χ1v) is 10.5. The third-order valence-corrected chi connectivity index (χ3v) is 5.65. The number of hydrogen-bond donors (Lipinski definition) is 1. The van der Waals surface area contributed by atoms with Crippen LogP contribution in [0.3, 0.4) is 0 Å². The summed E-state index contributed by atoms with van der Waals surface area (Å²) in [7, 11) is 1.62. The van der Waals surface area contributed by atoms with E-state index in [0.29, 0.717) is 31.0 Å². The molecule has 0 bridgehead atoms. The average Bonchev–Trinajstić information content (AvgIpc) is 2.84. The number of carbonyl (C=O) groups excluding carboxylic acids is 2. The van der Waals surface area contributed by atoms with E-state index in [1.54, 1.807) is 37.3 Å². The van der Waals surface area contributed by atoms with Gasteiger partial charge in [-0.1, -0.05) is 30.3 Å². The van der Waals surface area contributed by atoms with E-state index in [9.17, 15) is 9.59 Å². The standard InChI is InChI=1S/C25H26N4O3/c1-18(30)29-16-15-28(17-23(29)19-7-4-3-5-8-19)25(31)22-9-6-14-26-24(22)27-20-10-12-21(32-2)13-11-20/h3-14,23H,15-17H2,1-2H3,(H,26,27)/t23-/m0/s1. The lowest BCUT2D eigenvalue weighted by Crippen LogP contribution is -2.51. The monoisotopic (exact) mass is 430 g/mol. The van der Waals surface area contributed by atoms with Gasteiger partial charge in [-0.2, -0.15) is 0 Å². The summed E-state index contributed by atoms with van der Waals surface area (Å²) >= 11 is 0. The van der Waals surface area contributed by atoms with Gasteiger partial charge in [-0.25, -0.2) is 4.98 Å². The molecule has 164 valence electrons. The van der Waals surface area contributed by atoms with E-state index in [-0.39, 0.29) is 17.9 Å². The van der Waals surface area contributed by atoms with Crippen LogP contribution in [0.1, 0.15) is 28.9 Å². The molecule has 32 heavy (non-hydrogen) atoms. The number of nitrogens with one attached hydrogen (secondary N) is 1. The number of carbonyl (C=O) groups is 2. The number of ether oxygens (including phenoxy) is 1. The number of piperazine rings is 1. The first kappa shape index (κ1) is 21.4. The van der Waals surface area contributed by atoms with Crippen LogP contribution in [-0.2, 0) is 4.79 Å². The zero-order chi connectivity index (χ0) is 22.5. The number of anilines is 2. The van der Waals surface area contributed by atoms with E-state index in [2.05, 4.69) is 10.3 Å². The Bertz CT molecular complexity index is 1090. The van der Waals surface area contributed by atoms with Crippen molar-refractivity contribution in [1.82, 2.24) is 14.8 Å². The van der Waals surface area contributed by atoms with Crippen LogP contribution in [0, 0.1) is 0 Å². The van der Waals surface area contributed by atoms with Gasteiger partial charge < -0.3 is 19.9 Å². The van der Waals surface area contributed by atoms with Gasteiger partial charge in [0, 0.05) is 38.4 Å². The molecule has 0 aliphatic carbocycles. The molecule has 7 nitrogen and oxygen atoms in total. The van der Waals surface area contributed by atoms with Crippen LogP contribution in [-0.4, -0.2) is 53.3 Å². The number of rotatable bonds is 5. The maximum atomic E-state index is 13.5. The smallest absolute Gasteiger partial charge is 0.257 e. The lowest BCUT2D eigenvalue weighted by molar-refractivity contribution is -0.133. The molecule has 4 rings (SSSR count). The quantitative estimate of drug-likeness (QED) is 0.665. The first-order chi connectivity index (χ1) is 15.6. The van der Waals surface area contributed by atoms with Crippen molar-refractivity contribution in [2.45, 2.75) is 13.0 Å². The maximum absolute atomic E-state index is 13.5. The predicted octanol–water partition coefficient (Wildman–Crippen LogP) is 3.88. The number of aromatic nitrogens is 1. The number of nitrogens with zero attached hydrogens (tertiary/aromatic N) is 3. The maximum Gasteiger partial charge on any atom is 0.257 e. The first-order valence-electron chi connectivity index (χ1n) is 10.5. The van der Waals surface area contributed by atoms with Crippen molar-refractivity contribution in [3.05, 3.63) is 84.1 Å². The van der Waals surface area contributed by atoms with Crippen molar-refractivity contribution in [2.75, 3.05) is 32.1 Å². The molecule has 2 heterocycles. The summed E-state index contributed by atoms with van der Waals surface area (Å²) in [4.78, 5) is 33.7. The molecule has 0 spiro atoms. The highest BCUT2D eigenvalue weighted by atomic mass is 16.5. The number of amides is 2. The van der Waals surface area contributed by atoms with Gasteiger partial charge >= 0.3 is 0 Å². The molecule has 1 atom stereocenters. The van der Waals surface area contributed by atoms with Gasteiger partial charge in [-0.15, -0.1) is 0 Å². The molecule has 1 fully saturated rings. The molecular formula is C25H26N4O3. The van der Waals surface area contributed by atoms with Gasteiger partial charge in [0.15, 0.2) is 0 Å². The Morgan fingerprint density at radius 1 is 1.00 bits per heavy atom. The summed E-state index contributed by atoms with van der Waals surface area (Å²) in [5.74, 6) is 1.14. The highest BCUT2D eigenvalue weighted by Crippen LogP contribution is 2.28. The van der Waals surface area contributed by atoms with Gasteiger partial charge in [0.2, 0.25) is 5.91 Å². The largest absolute Gasteiger partial charge is 0.497 e. The molecule has 1 aliphatic heterocycles. The lowest BCUT2D eigenvalue weighted by atomic mass is 10.0. The molecule has 0 saturated carbocycles. The van der Waals surface area contributed by atoms with E-state index in [0.717, 1.165) is 17.0 Å². The third-order valence-electron chi connectivity index (χ3n) is 5.65. The molecule has 1 aliphatic rings. The van der Waals surface area contributed by atoms with Crippen LogP contribution in [0.5, 0.6) is 5.75 Å². The normalized spacial score (nSPS) is 15.9. The lowest BCUT2D eigenvalue weighted by Gasteiger charge is -2.41. The van der Waals surface area contributed by atoms with E-state index in [1.807, 2.05) is 59.5 Å². The van der Waals surface area contributed by atoms with Crippen LogP contribution < -0.4 is 10.1 Å². The minimum atomic E-state index is -0.180. The van der Waals surface area contributed by atoms with Crippen LogP contribution >= 0.6 is 0 Å². The zero-order valence-corrected chi connectivity index (χ0v) is 18.2. The summed E-state index contributed by atoms with van der Waals surface area (Å²) < 4.78 is 5.20. The number of pyridine rings is 1. The van der Waals surface area contributed by atoms with Crippen LogP contribution in [0.2, 0.25) is 0 Å². The fraction of sp³-hybridized carbons (Fsp3) is 0.240. The molecule has 1 aromatic heterocycles. The topological polar surface area (TPSA) is 74.8 Å². The average molecular weight is 431 g/mol. The second kappa shape index (κ2) is 9.51. The number of methoxy groups -OCH3 is 1. The van der Waals surface area contributed by atoms with Gasteiger partial charge in [-0.3, -0.25) is 9.59 Å². The molecule has 0 unspecified atom stereocenters.